The highest BCUT2D eigenvalue weighted by atomic mass is 16.5. The van der Waals surface area contributed by atoms with E-state index in [0.717, 1.165) is 5.56 Å². The number of esters is 1. The van der Waals surface area contributed by atoms with E-state index in [4.69, 9.17) is 14.2 Å². The number of carbonyl (C=O) groups excluding carboxylic acids is 2. The second kappa shape index (κ2) is 8.14. The van der Waals surface area contributed by atoms with Crippen molar-refractivity contribution in [3.8, 4) is 11.5 Å². The Labute approximate surface area is 145 Å². The molecule has 0 fully saturated rings. The van der Waals surface area contributed by atoms with E-state index in [-0.39, 0.29) is 0 Å². The SMILES string of the molecule is COC(=O)C(NC(=O)c1cc(OC)c(C)c(OC)c1)c1cccnc1. The highest BCUT2D eigenvalue weighted by molar-refractivity contribution is 5.98. The van der Waals surface area contributed by atoms with Crippen LogP contribution >= 0.6 is 0 Å². The van der Waals surface area contributed by atoms with Crippen LogP contribution in [0.4, 0.5) is 0 Å². The van der Waals surface area contributed by atoms with Crippen molar-refractivity contribution >= 4 is 11.9 Å². The van der Waals surface area contributed by atoms with Crippen LogP contribution in [-0.4, -0.2) is 38.2 Å². The molecule has 0 saturated heterocycles. The van der Waals surface area contributed by atoms with Gasteiger partial charge in [-0.05, 0) is 25.1 Å². The lowest BCUT2D eigenvalue weighted by Gasteiger charge is -2.18. The summed E-state index contributed by atoms with van der Waals surface area (Å²) >= 11 is 0. The maximum Gasteiger partial charge on any atom is 0.333 e. The van der Waals surface area contributed by atoms with Gasteiger partial charge >= 0.3 is 5.97 Å². The summed E-state index contributed by atoms with van der Waals surface area (Å²) in [5, 5.41) is 2.66. The minimum Gasteiger partial charge on any atom is -0.496 e. The molecule has 0 saturated carbocycles. The first-order chi connectivity index (χ1) is 12.0. The minimum absolute atomic E-state index is 0.303. The number of rotatable bonds is 6. The Morgan fingerprint density at radius 2 is 1.76 bits per heavy atom. The van der Waals surface area contributed by atoms with Gasteiger partial charge in [0.05, 0.1) is 21.3 Å². The van der Waals surface area contributed by atoms with Crippen molar-refractivity contribution in [2.75, 3.05) is 21.3 Å². The Balaban J connectivity index is 2.34. The van der Waals surface area contributed by atoms with Gasteiger partial charge in [0.1, 0.15) is 11.5 Å². The van der Waals surface area contributed by atoms with Gasteiger partial charge < -0.3 is 19.5 Å². The van der Waals surface area contributed by atoms with E-state index >= 15 is 0 Å². The molecule has 0 aliphatic carbocycles. The number of carbonyl (C=O) groups is 2. The molecule has 7 heteroatoms. The first-order valence-corrected chi connectivity index (χ1v) is 7.53. The zero-order valence-corrected chi connectivity index (χ0v) is 14.5. The molecule has 1 heterocycles. The first-order valence-electron chi connectivity index (χ1n) is 7.53. The van der Waals surface area contributed by atoms with E-state index in [2.05, 4.69) is 10.3 Å². The molecule has 25 heavy (non-hydrogen) atoms. The number of benzene rings is 1. The Morgan fingerprint density at radius 3 is 2.24 bits per heavy atom. The second-order valence-electron chi connectivity index (χ2n) is 5.22. The summed E-state index contributed by atoms with van der Waals surface area (Å²) in [6, 6.07) is 5.57. The molecule has 2 rings (SSSR count). The molecular weight excluding hydrogens is 324 g/mol. The van der Waals surface area contributed by atoms with Gasteiger partial charge in [-0.25, -0.2) is 4.79 Å². The fraction of sp³-hybridized carbons (Fsp3) is 0.278. The number of methoxy groups -OCH3 is 3. The number of nitrogens with one attached hydrogen (secondary N) is 1. The molecule has 0 radical (unpaired) electrons. The summed E-state index contributed by atoms with van der Waals surface area (Å²) in [5.41, 5.74) is 1.60. The van der Waals surface area contributed by atoms with Crippen molar-refractivity contribution in [2.24, 2.45) is 0 Å². The van der Waals surface area contributed by atoms with Crippen molar-refractivity contribution in [3.05, 3.63) is 53.3 Å². The highest BCUT2D eigenvalue weighted by Gasteiger charge is 2.25. The van der Waals surface area contributed by atoms with Gasteiger partial charge in [-0.3, -0.25) is 9.78 Å². The lowest BCUT2D eigenvalue weighted by Crippen LogP contribution is -2.34. The van der Waals surface area contributed by atoms with E-state index < -0.39 is 17.9 Å². The first kappa shape index (κ1) is 18.3. The largest absolute Gasteiger partial charge is 0.496 e. The number of hydrogen-bond donors (Lipinski definition) is 1. The fourth-order valence-electron chi connectivity index (χ4n) is 2.37. The molecule has 0 bridgehead atoms. The van der Waals surface area contributed by atoms with Gasteiger partial charge in [0.25, 0.3) is 5.91 Å². The van der Waals surface area contributed by atoms with Crippen LogP contribution in [0.5, 0.6) is 11.5 Å². The molecule has 0 spiro atoms. The fourth-order valence-corrected chi connectivity index (χ4v) is 2.37. The maximum absolute atomic E-state index is 12.6. The van der Waals surface area contributed by atoms with Crippen LogP contribution in [0.25, 0.3) is 0 Å². The van der Waals surface area contributed by atoms with Gasteiger partial charge in [-0.2, -0.15) is 0 Å². The molecule has 1 aromatic heterocycles. The van der Waals surface area contributed by atoms with E-state index in [1.54, 1.807) is 30.5 Å². The zero-order chi connectivity index (χ0) is 18.4. The summed E-state index contributed by atoms with van der Waals surface area (Å²) in [5.74, 6) is -0.0239. The molecule has 1 aromatic carbocycles. The van der Waals surface area contributed by atoms with Crippen LogP contribution in [-0.2, 0) is 9.53 Å². The van der Waals surface area contributed by atoms with Crippen LogP contribution in [0, 0.1) is 6.92 Å². The quantitative estimate of drug-likeness (QED) is 0.807. The summed E-state index contributed by atoms with van der Waals surface area (Å²) in [6.07, 6.45) is 3.08. The standard InChI is InChI=1S/C18H20N2O5/c1-11-14(23-2)8-13(9-15(11)24-3)17(21)20-16(18(22)25-4)12-6-5-7-19-10-12/h5-10,16H,1-4H3,(H,20,21). The topological polar surface area (TPSA) is 86.8 Å². The summed E-state index contributed by atoms with van der Waals surface area (Å²) in [6.45, 7) is 1.83. The number of aromatic nitrogens is 1. The normalized spacial score (nSPS) is 11.4. The average Bonchev–Trinajstić information content (AvgIpc) is 2.66. The van der Waals surface area contributed by atoms with Gasteiger partial charge in [-0.15, -0.1) is 0 Å². The summed E-state index contributed by atoms with van der Waals surface area (Å²) in [7, 11) is 4.28. The highest BCUT2D eigenvalue weighted by Crippen LogP contribution is 2.29. The smallest absolute Gasteiger partial charge is 0.333 e. The number of amides is 1. The Bertz CT molecular complexity index is 736. The number of nitrogens with zero attached hydrogens (tertiary/aromatic N) is 1. The number of ether oxygens (including phenoxy) is 3. The molecule has 0 aliphatic heterocycles. The van der Waals surface area contributed by atoms with Crippen LogP contribution in [0.15, 0.2) is 36.7 Å². The Kier molecular flexibility index (Phi) is 5.94. The van der Waals surface area contributed by atoms with Crippen molar-refractivity contribution in [1.82, 2.24) is 10.3 Å². The molecule has 1 amide bonds. The van der Waals surface area contributed by atoms with E-state index in [9.17, 15) is 9.59 Å². The summed E-state index contributed by atoms with van der Waals surface area (Å²) in [4.78, 5) is 28.7. The number of pyridine rings is 1. The predicted molar refractivity (Wildman–Crippen MR) is 90.7 cm³/mol. The zero-order valence-electron chi connectivity index (χ0n) is 14.5. The van der Waals surface area contributed by atoms with Gasteiger partial charge in [0, 0.05) is 29.1 Å². The molecule has 2 aromatic rings. The van der Waals surface area contributed by atoms with Crippen LogP contribution < -0.4 is 14.8 Å². The van der Waals surface area contributed by atoms with Crippen molar-refractivity contribution in [3.63, 3.8) is 0 Å². The third-order valence-electron chi connectivity index (χ3n) is 3.74. The van der Waals surface area contributed by atoms with Crippen molar-refractivity contribution in [2.45, 2.75) is 13.0 Å². The third kappa shape index (κ3) is 4.06. The van der Waals surface area contributed by atoms with E-state index in [1.165, 1.54) is 27.5 Å². The Morgan fingerprint density at radius 1 is 1.12 bits per heavy atom. The lowest BCUT2D eigenvalue weighted by atomic mass is 10.1. The van der Waals surface area contributed by atoms with Gasteiger partial charge in [-0.1, -0.05) is 6.07 Å². The predicted octanol–water partition coefficient (Wildman–Crippen LogP) is 2.05. The van der Waals surface area contributed by atoms with Crippen LogP contribution in [0.1, 0.15) is 27.5 Å². The molecule has 7 nitrogen and oxygen atoms in total. The van der Waals surface area contributed by atoms with E-state index in [1.807, 2.05) is 6.92 Å². The van der Waals surface area contributed by atoms with Crippen molar-refractivity contribution in [1.29, 1.82) is 0 Å². The van der Waals surface area contributed by atoms with Crippen LogP contribution in [0.2, 0.25) is 0 Å². The second-order valence-corrected chi connectivity index (χ2v) is 5.22. The van der Waals surface area contributed by atoms with Gasteiger partial charge in [0.15, 0.2) is 6.04 Å². The molecule has 132 valence electrons. The molecule has 1 N–H and O–H groups in total. The minimum atomic E-state index is -0.968. The third-order valence-corrected chi connectivity index (χ3v) is 3.74. The Hall–Kier alpha value is -3.09. The van der Waals surface area contributed by atoms with Crippen molar-refractivity contribution < 1.29 is 23.8 Å². The monoisotopic (exact) mass is 344 g/mol. The molecular formula is C18H20N2O5. The molecule has 0 aliphatic rings. The van der Waals surface area contributed by atoms with Gasteiger partial charge in [0.2, 0.25) is 0 Å². The summed E-state index contributed by atoms with van der Waals surface area (Å²) < 4.78 is 15.3. The van der Waals surface area contributed by atoms with E-state index in [0.29, 0.717) is 22.6 Å². The average molecular weight is 344 g/mol. The lowest BCUT2D eigenvalue weighted by molar-refractivity contribution is -0.143. The molecule has 1 atom stereocenters. The number of hydrogen-bond acceptors (Lipinski definition) is 6. The van der Waals surface area contributed by atoms with Crippen LogP contribution in [0.3, 0.4) is 0 Å². The maximum atomic E-state index is 12.6. The molecule has 1 unspecified atom stereocenters.